The van der Waals surface area contributed by atoms with Crippen LogP contribution in [-0.4, -0.2) is 127 Å². The summed E-state index contributed by atoms with van der Waals surface area (Å²) in [4.78, 5) is 60.5. The third kappa shape index (κ3) is 8.44. The zero-order chi connectivity index (χ0) is 33.6. The number of nitro benzene ring substituents is 1. The standard InChI is InChI=1S/C26H30N4O15/c1-28(25(39)27-13-4-5-16(31)14(10-13)22(35)36)7-8-29(2)26(40)43-11-12-3-6-17(15(9-12)30(41)42)44-24-20(34)18(32)19(33)21(45-24)23(37)38/h3-6,9-10,18-21,24,31-34H,7-8,11H2,1-2H3,(H,27,39)(H,35,36)(H,37,38)/t18-,19-,20+,21-,24+/m0/s1. The Morgan fingerprint density at radius 1 is 0.978 bits per heavy atom. The lowest BCUT2D eigenvalue weighted by Crippen LogP contribution is -2.61. The largest absolute Gasteiger partial charge is 0.507 e. The van der Waals surface area contributed by atoms with Crippen LogP contribution < -0.4 is 10.1 Å². The molecular formula is C26H30N4O15. The minimum Gasteiger partial charge on any atom is -0.507 e. The van der Waals surface area contributed by atoms with Crippen molar-refractivity contribution in [3.8, 4) is 11.5 Å². The van der Waals surface area contributed by atoms with Gasteiger partial charge in [0.2, 0.25) is 6.29 Å². The van der Waals surface area contributed by atoms with Crippen LogP contribution in [0.25, 0.3) is 0 Å². The highest BCUT2D eigenvalue weighted by atomic mass is 16.7. The maximum absolute atomic E-state index is 12.5. The summed E-state index contributed by atoms with van der Waals surface area (Å²) in [6, 6.07) is 6.21. The molecule has 1 heterocycles. The summed E-state index contributed by atoms with van der Waals surface area (Å²) in [6.07, 6.45) is -10.6. The van der Waals surface area contributed by atoms with E-state index in [-0.39, 0.29) is 24.3 Å². The van der Waals surface area contributed by atoms with Crippen molar-refractivity contribution in [1.29, 1.82) is 0 Å². The Labute approximate surface area is 253 Å². The molecule has 1 aliphatic heterocycles. The third-order valence-electron chi connectivity index (χ3n) is 6.55. The van der Waals surface area contributed by atoms with Gasteiger partial charge in [-0.3, -0.25) is 10.1 Å². The van der Waals surface area contributed by atoms with Crippen molar-refractivity contribution < 1.29 is 69.0 Å². The third-order valence-corrected chi connectivity index (χ3v) is 6.55. The van der Waals surface area contributed by atoms with E-state index in [0.29, 0.717) is 0 Å². The number of carbonyl (C=O) groups excluding carboxylic acids is 2. The van der Waals surface area contributed by atoms with Crippen LogP contribution in [0.5, 0.6) is 11.5 Å². The predicted octanol–water partition coefficient (Wildman–Crippen LogP) is 0.00190. The van der Waals surface area contributed by atoms with Gasteiger partial charge in [0.25, 0.3) is 0 Å². The molecule has 5 atom stereocenters. The minimum absolute atomic E-state index is 0.00671. The van der Waals surface area contributed by atoms with Gasteiger partial charge in [-0.2, -0.15) is 0 Å². The van der Waals surface area contributed by atoms with E-state index in [4.69, 9.17) is 24.4 Å². The number of amides is 3. The maximum atomic E-state index is 12.5. The lowest BCUT2D eigenvalue weighted by Gasteiger charge is -2.38. The number of likely N-dealkylation sites (N-methyl/N-ethyl adjacent to an activating group) is 2. The molecule has 0 saturated carbocycles. The number of nitrogens with one attached hydrogen (secondary N) is 1. The lowest BCUT2D eigenvalue weighted by molar-refractivity contribution is -0.387. The highest BCUT2D eigenvalue weighted by Gasteiger charge is 2.48. The van der Waals surface area contributed by atoms with Crippen molar-refractivity contribution >= 4 is 35.4 Å². The monoisotopic (exact) mass is 638 g/mol. The minimum atomic E-state index is -1.99. The Bertz CT molecular complexity index is 1450. The molecule has 3 amide bonds. The highest BCUT2D eigenvalue weighted by Crippen LogP contribution is 2.32. The molecule has 0 spiro atoms. The Morgan fingerprint density at radius 2 is 1.64 bits per heavy atom. The number of anilines is 1. The number of carboxylic acid groups (broad SMARTS) is 2. The number of hydrogen-bond acceptors (Lipinski definition) is 13. The molecule has 45 heavy (non-hydrogen) atoms. The van der Waals surface area contributed by atoms with Gasteiger partial charge >= 0.3 is 29.8 Å². The van der Waals surface area contributed by atoms with Crippen molar-refractivity contribution in [3.63, 3.8) is 0 Å². The van der Waals surface area contributed by atoms with Gasteiger partial charge in [0.15, 0.2) is 11.9 Å². The quantitative estimate of drug-likeness (QED) is 0.0969. The first kappa shape index (κ1) is 34.3. The number of phenols is 1. The second kappa shape index (κ2) is 14.5. The number of carbonyl (C=O) groups is 4. The van der Waals surface area contributed by atoms with Crippen LogP contribution in [0.3, 0.4) is 0 Å². The highest BCUT2D eigenvalue weighted by molar-refractivity contribution is 5.95. The smallest absolute Gasteiger partial charge is 0.409 e. The fourth-order valence-electron chi connectivity index (χ4n) is 3.92. The number of aromatic carboxylic acids is 1. The fraction of sp³-hybridized carbons (Fsp3) is 0.385. The van der Waals surface area contributed by atoms with Gasteiger partial charge in [-0.15, -0.1) is 0 Å². The number of nitrogens with zero attached hydrogens (tertiary/aromatic N) is 3. The molecule has 3 rings (SSSR count). The molecule has 1 aliphatic rings. The van der Waals surface area contributed by atoms with Crippen LogP contribution in [-0.2, 0) is 20.9 Å². The van der Waals surface area contributed by atoms with E-state index in [1.54, 1.807) is 0 Å². The Hall–Kier alpha value is -5.24. The van der Waals surface area contributed by atoms with Crippen molar-refractivity contribution in [2.45, 2.75) is 37.3 Å². The average molecular weight is 639 g/mol. The van der Waals surface area contributed by atoms with Crippen LogP contribution in [0.2, 0.25) is 0 Å². The van der Waals surface area contributed by atoms with Crippen molar-refractivity contribution in [3.05, 3.63) is 57.6 Å². The van der Waals surface area contributed by atoms with E-state index < -0.39 is 89.0 Å². The number of aliphatic carboxylic acids is 1. The fourth-order valence-corrected chi connectivity index (χ4v) is 3.92. The number of ether oxygens (including phenoxy) is 3. The van der Waals surface area contributed by atoms with E-state index in [1.807, 2.05) is 0 Å². The number of rotatable bonds is 11. The summed E-state index contributed by atoms with van der Waals surface area (Å²) >= 11 is 0. The average Bonchev–Trinajstić information content (AvgIpc) is 2.99. The molecule has 0 bridgehead atoms. The van der Waals surface area contributed by atoms with Crippen LogP contribution in [0, 0.1) is 10.1 Å². The Kier molecular flexibility index (Phi) is 11.0. The molecule has 2 aromatic rings. The molecule has 1 fully saturated rings. The van der Waals surface area contributed by atoms with Crippen LogP contribution in [0.1, 0.15) is 15.9 Å². The molecule has 0 radical (unpaired) electrons. The summed E-state index contributed by atoms with van der Waals surface area (Å²) in [5.41, 5.74) is -0.816. The number of benzene rings is 2. The number of urea groups is 1. The van der Waals surface area contributed by atoms with E-state index in [2.05, 4.69) is 5.32 Å². The zero-order valence-corrected chi connectivity index (χ0v) is 23.7. The first-order valence-electron chi connectivity index (χ1n) is 12.9. The predicted molar refractivity (Wildman–Crippen MR) is 148 cm³/mol. The molecule has 244 valence electrons. The van der Waals surface area contributed by atoms with Crippen molar-refractivity contribution in [1.82, 2.24) is 9.80 Å². The van der Waals surface area contributed by atoms with Gasteiger partial charge in [-0.1, -0.05) is 6.07 Å². The Balaban J connectivity index is 1.55. The molecule has 0 aromatic heterocycles. The van der Waals surface area contributed by atoms with Gasteiger partial charge in [0, 0.05) is 38.9 Å². The number of carboxylic acids is 2. The van der Waals surface area contributed by atoms with Gasteiger partial charge in [-0.25, -0.2) is 19.2 Å². The number of nitro groups is 1. The molecule has 0 aliphatic carbocycles. The van der Waals surface area contributed by atoms with Crippen LogP contribution in [0.4, 0.5) is 21.0 Å². The first-order chi connectivity index (χ1) is 21.1. The number of aliphatic hydroxyl groups is 3. The zero-order valence-electron chi connectivity index (χ0n) is 23.7. The SMILES string of the molecule is CN(CCN(C)C(=O)OCc1ccc(O[C@@H]2O[C@H](C(=O)O)[C@@H](O)[C@H](O)[C@H]2O)c([N+](=O)[O-])c1)C(=O)Nc1ccc(O)c(C(=O)O)c1. The van der Waals surface area contributed by atoms with Crippen LogP contribution >= 0.6 is 0 Å². The summed E-state index contributed by atoms with van der Waals surface area (Å²) in [5, 5.41) is 71.8. The lowest BCUT2D eigenvalue weighted by atomic mass is 9.99. The van der Waals surface area contributed by atoms with Gasteiger partial charge < -0.3 is 60.0 Å². The second-order valence-electron chi connectivity index (χ2n) is 9.78. The summed E-state index contributed by atoms with van der Waals surface area (Å²) in [7, 11) is 2.79. The number of hydrogen-bond donors (Lipinski definition) is 7. The van der Waals surface area contributed by atoms with Gasteiger partial charge in [0.1, 0.15) is 36.2 Å². The van der Waals surface area contributed by atoms with E-state index >= 15 is 0 Å². The topological polar surface area (TPSA) is 279 Å². The van der Waals surface area contributed by atoms with E-state index in [0.717, 1.165) is 29.2 Å². The van der Waals surface area contributed by atoms with Crippen molar-refractivity contribution in [2.24, 2.45) is 0 Å². The summed E-state index contributed by atoms with van der Waals surface area (Å²) in [6.45, 7) is -0.419. The van der Waals surface area contributed by atoms with Gasteiger partial charge in [-0.05, 0) is 29.8 Å². The summed E-state index contributed by atoms with van der Waals surface area (Å²) < 4.78 is 15.4. The van der Waals surface area contributed by atoms with Crippen LogP contribution in [0.15, 0.2) is 36.4 Å². The van der Waals surface area contributed by atoms with E-state index in [9.17, 15) is 49.7 Å². The molecule has 7 N–H and O–H groups in total. The molecule has 0 unspecified atom stereocenters. The molecule has 19 heteroatoms. The number of aliphatic hydroxyl groups excluding tert-OH is 3. The van der Waals surface area contributed by atoms with Gasteiger partial charge in [0.05, 0.1) is 4.92 Å². The summed E-state index contributed by atoms with van der Waals surface area (Å²) in [5.74, 6) is -4.00. The maximum Gasteiger partial charge on any atom is 0.409 e. The molecule has 2 aromatic carbocycles. The number of aromatic hydroxyl groups is 1. The van der Waals surface area contributed by atoms with Crippen molar-refractivity contribution in [2.75, 3.05) is 32.5 Å². The van der Waals surface area contributed by atoms with E-state index in [1.165, 1.54) is 31.1 Å². The molecular weight excluding hydrogens is 608 g/mol. The Morgan fingerprint density at radius 3 is 2.27 bits per heavy atom. The molecule has 1 saturated heterocycles. The second-order valence-corrected chi connectivity index (χ2v) is 9.78. The normalized spacial score (nSPS) is 20.9. The molecule has 19 nitrogen and oxygen atoms in total. The first-order valence-corrected chi connectivity index (χ1v) is 12.9.